The second kappa shape index (κ2) is 3.08. The molecule has 0 bridgehead atoms. The van der Waals surface area contributed by atoms with Gasteiger partial charge < -0.3 is 4.90 Å². The zero-order valence-corrected chi connectivity index (χ0v) is 8.55. The van der Waals surface area contributed by atoms with Crippen molar-refractivity contribution in [1.29, 1.82) is 0 Å². The van der Waals surface area contributed by atoms with Gasteiger partial charge in [0, 0.05) is 24.4 Å². The van der Waals surface area contributed by atoms with Crippen molar-refractivity contribution in [1.82, 2.24) is 4.90 Å². The first-order valence-corrected chi connectivity index (χ1v) is 4.77. The quantitative estimate of drug-likeness (QED) is 0.618. The molecule has 1 saturated heterocycles. The molecule has 12 heavy (non-hydrogen) atoms. The normalized spacial score (nSPS) is 20.9. The maximum Gasteiger partial charge on any atom is 0.225 e. The Kier molecular flexibility index (Phi) is 2.45. The fraction of sp³-hybridized carbons (Fsp3) is 0.900. The zero-order valence-electron chi connectivity index (χ0n) is 8.55. The molecule has 0 radical (unpaired) electrons. The number of amides is 1. The minimum Gasteiger partial charge on any atom is -0.341 e. The van der Waals surface area contributed by atoms with E-state index in [1.807, 2.05) is 18.7 Å². The number of carbonyl (C=O) groups is 1. The number of nitrogens with zero attached hydrogens (tertiary/aromatic N) is 1. The van der Waals surface area contributed by atoms with Gasteiger partial charge in [-0.2, -0.15) is 0 Å². The summed E-state index contributed by atoms with van der Waals surface area (Å²) in [6, 6.07) is 0. The number of hydrogen-bond acceptors (Lipinski definition) is 1. The van der Waals surface area contributed by atoms with Crippen LogP contribution in [0.3, 0.4) is 0 Å². The molecule has 1 rings (SSSR count). The molecule has 0 aromatic carbocycles. The van der Waals surface area contributed by atoms with Crippen LogP contribution in [0.15, 0.2) is 0 Å². The minimum atomic E-state index is 0.159. The summed E-state index contributed by atoms with van der Waals surface area (Å²) in [5.41, 5.74) is 0.407. The van der Waals surface area contributed by atoms with Crippen molar-refractivity contribution >= 4 is 5.91 Å². The second-order valence-electron chi connectivity index (χ2n) is 4.51. The summed E-state index contributed by atoms with van der Waals surface area (Å²) in [7, 11) is 0. The number of hydrogen-bond donors (Lipinski definition) is 0. The van der Waals surface area contributed by atoms with Gasteiger partial charge in [-0.25, -0.2) is 0 Å². The molecule has 0 unspecified atom stereocenters. The van der Waals surface area contributed by atoms with E-state index in [0.717, 1.165) is 13.1 Å². The van der Waals surface area contributed by atoms with Crippen molar-refractivity contribution in [3.05, 3.63) is 0 Å². The third-order valence-corrected chi connectivity index (χ3v) is 2.80. The Morgan fingerprint density at radius 3 is 2.33 bits per heavy atom. The van der Waals surface area contributed by atoms with E-state index in [1.54, 1.807) is 0 Å². The summed E-state index contributed by atoms with van der Waals surface area (Å²) < 4.78 is 0. The van der Waals surface area contributed by atoms with Gasteiger partial charge in [-0.15, -0.1) is 0 Å². The summed E-state index contributed by atoms with van der Waals surface area (Å²) in [6.45, 7) is 10.3. The summed E-state index contributed by atoms with van der Waals surface area (Å²) >= 11 is 0. The number of carbonyl (C=O) groups excluding carboxylic acids is 1. The highest BCUT2D eigenvalue weighted by atomic mass is 16.2. The molecule has 1 aliphatic rings. The SMILES string of the molecule is CCC1(C)CN(C(=O)C(C)C)C1. The Bertz CT molecular complexity index is 180. The Balaban J connectivity index is 2.39. The number of rotatable bonds is 2. The average molecular weight is 169 g/mol. The molecule has 1 amide bonds. The van der Waals surface area contributed by atoms with Gasteiger partial charge in [-0.1, -0.05) is 27.7 Å². The van der Waals surface area contributed by atoms with Crippen LogP contribution in [-0.2, 0) is 4.79 Å². The van der Waals surface area contributed by atoms with Crippen molar-refractivity contribution in [2.75, 3.05) is 13.1 Å². The molecule has 1 fully saturated rings. The summed E-state index contributed by atoms with van der Waals surface area (Å²) in [6.07, 6.45) is 1.18. The molecule has 2 nitrogen and oxygen atoms in total. The zero-order chi connectivity index (χ0) is 9.35. The fourth-order valence-electron chi connectivity index (χ4n) is 1.62. The van der Waals surface area contributed by atoms with Crippen molar-refractivity contribution in [2.45, 2.75) is 34.1 Å². The largest absolute Gasteiger partial charge is 0.341 e. The summed E-state index contributed by atoms with van der Waals surface area (Å²) in [5.74, 6) is 0.465. The van der Waals surface area contributed by atoms with Gasteiger partial charge >= 0.3 is 0 Å². The summed E-state index contributed by atoms with van der Waals surface area (Å²) in [5, 5.41) is 0. The van der Waals surface area contributed by atoms with Gasteiger partial charge in [0.25, 0.3) is 0 Å². The van der Waals surface area contributed by atoms with Gasteiger partial charge in [0.05, 0.1) is 0 Å². The first kappa shape index (κ1) is 9.56. The van der Waals surface area contributed by atoms with Crippen molar-refractivity contribution < 1.29 is 4.79 Å². The monoisotopic (exact) mass is 169 g/mol. The van der Waals surface area contributed by atoms with Crippen molar-refractivity contribution in [2.24, 2.45) is 11.3 Å². The molecule has 0 aromatic rings. The van der Waals surface area contributed by atoms with E-state index in [1.165, 1.54) is 6.42 Å². The smallest absolute Gasteiger partial charge is 0.225 e. The van der Waals surface area contributed by atoms with E-state index in [9.17, 15) is 4.79 Å². The lowest BCUT2D eigenvalue weighted by atomic mass is 9.79. The van der Waals surface area contributed by atoms with Crippen molar-refractivity contribution in [3.63, 3.8) is 0 Å². The highest BCUT2D eigenvalue weighted by Crippen LogP contribution is 2.33. The Morgan fingerprint density at radius 1 is 1.50 bits per heavy atom. The van der Waals surface area contributed by atoms with E-state index in [4.69, 9.17) is 0 Å². The molecule has 0 atom stereocenters. The standard InChI is InChI=1S/C10H19NO/c1-5-10(4)6-11(7-10)9(12)8(2)3/h8H,5-7H2,1-4H3. The van der Waals surface area contributed by atoms with Gasteiger partial charge in [0.1, 0.15) is 0 Å². The van der Waals surface area contributed by atoms with Crippen LogP contribution in [0.4, 0.5) is 0 Å². The molecular formula is C10H19NO. The molecule has 1 heterocycles. The molecule has 0 saturated carbocycles. The molecule has 0 spiro atoms. The van der Waals surface area contributed by atoms with Crippen LogP contribution in [-0.4, -0.2) is 23.9 Å². The van der Waals surface area contributed by atoms with Gasteiger partial charge in [-0.05, 0) is 6.42 Å². The second-order valence-corrected chi connectivity index (χ2v) is 4.51. The fourth-order valence-corrected chi connectivity index (χ4v) is 1.62. The maximum atomic E-state index is 11.5. The molecule has 2 heteroatoms. The van der Waals surface area contributed by atoms with E-state index in [-0.39, 0.29) is 5.92 Å². The topological polar surface area (TPSA) is 20.3 Å². The van der Waals surface area contributed by atoms with Gasteiger partial charge in [0.2, 0.25) is 5.91 Å². The minimum absolute atomic E-state index is 0.159. The molecule has 0 aromatic heterocycles. The van der Waals surface area contributed by atoms with Crippen LogP contribution < -0.4 is 0 Å². The molecule has 70 valence electrons. The van der Waals surface area contributed by atoms with Crippen LogP contribution in [0.25, 0.3) is 0 Å². The summed E-state index contributed by atoms with van der Waals surface area (Å²) in [4.78, 5) is 13.4. The molecule has 0 aliphatic carbocycles. The molecule has 1 aliphatic heterocycles. The highest BCUT2D eigenvalue weighted by molar-refractivity contribution is 5.79. The predicted octanol–water partition coefficient (Wildman–Crippen LogP) is 1.90. The average Bonchev–Trinajstić information content (AvgIpc) is 1.97. The van der Waals surface area contributed by atoms with E-state index in [2.05, 4.69) is 13.8 Å². The van der Waals surface area contributed by atoms with Crippen LogP contribution >= 0.6 is 0 Å². The highest BCUT2D eigenvalue weighted by Gasteiger charge is 2.39. The predicted molar refractivity (Wildman–Crippen MR) is 49.8 cm³/mol. The lowest BCUT2D eigenvalue weighted by Crippen LogP contribution is -2.57. The van der Waals surface area contributed by atoms with Gasteiger partial charge in [0.15, 0.2) is 0 Å². The molecular weight excluding hydrogens is 150 g/mol. The third kappa shape index (κ3) is 1.62. The van der Waals surface area contributed by atoms with Crippen LogP contribution in [0, 0.1) is 11.3 Å². The van der Waals surface area contributed by atoms with Crippen LogP contribution in [0.1, 0.15) is 34.1 Å². The lowest BCUT2D eigenvalue weighted by molar-refractivity contribution is -0.146. The third-order valence-electron chi connectivity index (χ3n) is 2.80. The van der Waals surface area contributed by atoms with E-state index < -0.39 is 0 Å². The molecule has 0 N–H and O–H groups in total. The van der Waals surface area contributed by atoms with Gasteiger partial charge in [-0.3, -0.25) is 4.79 Å². The number of likely N-dealkylation sites (tertiary alicyclic amines) is 1. The first-order valence-electron chi connectivity index (χ1n) is 4.77. The maximum absolute atomic E-state index is 11.5. The van der Waals surface area contributed by atoms with Crippen LogP contribution in [0.5, 0.6) is 0 Å². The van der Waals surface area contributed by atoms with Crippen molar-refractivity contribution in [3.8, 4) is 0 Å². The Morgan fingerprint density at radius 2 is 2.00 bits per heavy atom. The Hall–Kier alpha value is -0.530. The van der Waals surface area contributed by atoms with E-state index >= 15 is 0 Å². The van der Waals surface area contributed by atoms with E-state index in [0.29, 0.717) is 11.3 Å². The Labute approximate surface area is 74.9 Å². The lowest BCUT2D eigenvalue weighted by Gasteiger charge is -2.48. The first-order chi connectivity index (χ1) is 5.48. The van der Waals surface area contributed by atoms with Crippen LogP contribution in [0.2, 0.25) is 0 Å².